The summed E-state index contributed by atoms with van der Waals surface area (Å²) in [5, 5.41) is 12.7. The Labute approximate surface area is 156 Å². The maximum absolute atomic E-state index is 9.01. The molecule has 1 aromatic carbocycles. The van der Waals surface area contributed by atoms with Crippen molar-refractivity contribution in [3.8, 4) is 17.5 Å². The molecule has 0 aliphatic rings. The number of halogens is 2. The molecule has 10 heteroatoms. The summed E-state index contributed by atoms with van der Waals surface area (Å²) in [7, 11) is 0. The second-order valence-electron chi connectivity index (χ2n) is 5.15. The smallest absolute Gasteiger partial charge is 0.183 e. The van der Waals surface area contributed by atoms with Crippen molar-refractivity contribution in [2.24, 2.45) is 0 Å². The zero-order chi connectivity index (χ0) is 18.1. The van der Waals surface area contributed by atoms with Crippen molar-refractivity contribution in [1.29, 1.82) is 5.26 Å². The third kappa shape index (κ3) is 2.90. The van der Waals surface area contributed by atoms with E-state index in [4.69, 9.17) is 28.5 Å². The number of benzene rings is 1. The Morgan fingerprint density at radius 2 is 1.88 bits per heavy atom. The Hall–Kier alpha value is -3.28. The quantitative estimate of drug-likeness (QED) is 0.554. The van der Waals surface area contributed by atoms with Crippen LogP contribution in [0.4, 0.5) is 11.6 Å². The number of rotatable bonds is 3. The van der Waals surface area contributed by atoms with E-state index in [9.17, 15) is 0 Å². The van der Waals surface area contributed by atoms with E-state index in [1.165, 1.54) is 18.5 Å². The van der Waals surface area contributed by atoms with Crippen molar-refractivity contribution in [3.63, 3.8) is 0 Å². The molecule has 0 saturated carbocycles. The van der Waals surface area contributed by atoms with E-state index in [2.05, 4.69) is 35.2 Å². The Bertz CT molecular complexity index is 1130. The van der Waals surface area contributed by atoms with Gasteiger partial charge in [0.05, 0.1) is 33.4 Å². The van der Waals surface area contributed by atoms with Gasteiger partial charge in [0.25, 0.3) is 0 Å². The summed E-state index contributed by atoms with van der Waals surface area (Å²) in [4.78, 5) is 24.1. The van der Waals surface area contributed by atoms with Gasteiger partial charge >= 0.3 is 0 Å². The zero-order valence-corrected chi connectivity index (χ0v) is 14.4. The van der Waals surface area contributed by atoms with Gasteiger partial charge in [-0.2, -0.15) is 5.26 Å². The van der Waals surface area contributed by atoms with Crippen LogP contribution in [-0.4, -0.2) is 29.9 Å². The molecule has 8 nitrogen and oxygen atoms in total. The highest BCUT2D eigenvalue weighted by Crippen LogP contribution is 2.35. The van der Waals surface area contributed by atoms with Gasteiger partial charge in [-0.25, -0.2) is 19.9 Å². The van der Waals surface area contributed by atoms with Crippen LogP contribution in [0, 0.1) is 11.3 Å². The number of fused-ring (bicyclic) bond motifs is 1. The Balaban J connectivity index is 1.82. The van der Waals surface area contributed by atoms with Crippen molar-refractivity contribution >= 4 is 46.0 Å². The van der Waals surface area contributed by atoms with Crippen LogP contribution >= 0.6 is 23.2 Å². The van der Waals surface area contributed by atoms with Gasteiger partial charge in [-0.1, -0.05) is 23.2 Å². The zero-order valence-electron chi connectivity index (χ0n) is 12.9. The summed E-state index contributed by atoms with van der Waals surface area (Å²) in [5.41, 5.74) is 1.84. The predicted molar refractivity (Wildman–Crippen MR) is 97.2 cm³/mol. The molecule has 0 amide bonds. The average Bonchev–Trinajstić information content (AvgIpc) is 3.06. The van der Waals surface area contributed by atoms with Crippen molar-refractivity contribution in [2.75, 3.05) is 5.32 Å². The molecule has 0 bridgehead atoms. The predicted octanol–water partition coefficient (Wildman–Crippen LogP) is 3.73. The molecule has 2 N–H and O–H groups in total. The number of nitrogens with one attached hydrogen (secondary N) is 2. The van der Waals surface area contributed by atoms with Crippen LogP contribution in [-0.2, 0) is 0 Å². The van der Waals surface area contributed by atoms with Crippen LogP contribution in [0.1, 0.15) is 5.56 Å². The summed E-state index contributed by atoms with van der Waals surface area (Å²) in [6, 6.07) is 5.06. The molecule has 26 heavy (non-hydrogen) atoms. The van der Waals surface area contributed by atoms with E-state index in [-0.39, 0.29) is 0 Å². The molecule has 4 aromatic rings. The number of imidazole rings is 1. The normalized spacial score (nSPS) is 10.7. The molecule has 0 saturated heterocycles. The van der Waals surface area contributed by atoms with Crippen LogP contribution in [0.25, 0.3) is 22.6 Å². The van der Waals surface area contributed by atoms with Crippen LogP contribution in [0.2, 0.25) is 10.0 Å². The summed E-state index contributed by atoms with van der Waals surface area (Å²) >= 11 is 12.6. The lowest BCUT2D eigenvalue weighted by Crippen LogP contribution is -1.97. The lowest BCUT2D eigenvalue weighted by molar-refractivity contribution is 1.16. The minimum atomic E-state index is 0.310. The van der Waals surface area contributed by atoms with Gasteiger partial charge in [0.15, 0.2) is 11.5 Å². The fourth-order valence-electron chi connectivity index (χ4n) is 2.39. The van der Waals surface area contributed by atoms with Gasteiger partial charge in [0, 0.05) is 12.4 Å². The molecule has 0 unspecified atom stereocenters. The average molecular weight is 383 g/mol. The summed E-state index contributed by atoms with van der Waals surface area (Å²) in [6.07, 6.45) is 6.09. The molecule has 0 aliphatic carbocycles. The number of hydrogen-bond acceptors (Lipinski definition) is 7. The van der Waals surface area contributed by atoms with E-state index < -0.39 is 0 Å². The highest BCUT2D eigenvalue weighted by molar-refractivity contribution is 6.39. The molecular formula is C16H8Cl2N8. The topological polar surface area (TPSA) is 116 Å². The number of nitriles is 1. The number of H-pyrrole nitrogens is 1. The number of anilines is 2. The molecule has 4 rings (SSSR count). The summed E-state index contributed by atoms with van der Waals surface area (Å²) in [6.45, 7) is 0. The second kappa shape index (κ2) is 6.55. The number of aromatic amines is 1. The Morgan fingerprint density at radius 1 is 1.08 bits per heavy atom. The molecule has 0 atom stereocenters. The standard InChI is InChI=1S/C16H8Cl2N8/c17-9-3-8(5-19)4-10(18)12(9)14-25-13-15(22-7-23-16(13)26-14)24-11-6-20-1-2-21-11/h1-4,6-7H,(H2,21,22,23,24,25,26). The number of nitrogens with zero attached hydrogens (tertiary/aromatic N) is 6. The maximum atomic E-state index is 9.01. The molecule has 126 valence electrons. The van der Waals surface area contributed by atoms with Crippen molar-refractivity contribution in [2.45, 2.75) is 0 Å². The Kier molecular flexibility index (Phi) is 4.08. The fourth-order valence-corrected chi connectivity index (χ4v) is 3.06. The minimum Gasteiger partial charge on any atom is -0.333 e. The van der Waals surface area contributed by atoms with Gasteiger partial charge in [-0.15, -0.1) is 0 Å². The van der Waals surface area contributed by atoms with Crippen molar-refractivity contribution in [3.05, 3.63) is 52.7 Å². The molecule has 0 fully saturated rings. The van der Waals surface area contributed by atoms with Gasteiger partial charge in [-0.05, 0) is 12.1 Å². The summed E-state index contributed by atoms with van der Waals surface area (Å²) in [5.74, 6) is 1.43. The van der Waals surface area contributed by atoms with E-state index >= 15 is 0 Å². The van der Waals surface area contributed by atoms with Gasteiger partial charge < -0.3 is 10.3 Å². The van der Waals surface area contributed by atoms with Crippen LogP contribution in [0.3, 0.4) is 0 Å². The third-order valence-corrected chi connectivity index (χ3v) is 4.10. The fraction of sp³-hybridized carbons (Fsp3) is 0. The van der Waals surface area contributed by atoms with E-state index in [1.54, 1.807) is 18.6 Å². The van der Waals surface area contributed by atoms with Gasteiger partial charge in [0.1, 0.15) is 23.5 Å². The van der Waals surface area contributed by atoms with Gasteiger partial charge in [-0.3, -0.25) is 4.98 Å². The highest BCUT2D eigenvalue weighted by atomic mass is 35.5. The van der Waals surface area contributed by atoms with Crippen LogP contribution in [0.5, 0.6) is 0 Å². The molecule has 3 aromatic heterocycles. The van der Waals surface area contributed by atoms with Crippen LogP contribution in [0.15, 0.2) is 37.1 Å². The third-order valence-electron chi connectivity index (χ3n) is 3.51. The monoisotopic (exact) mass is 382 g/mol. The first-order chi connectivity index (χ1) is 12.7. The lowest BCUT2D eigenvalue weighted by atomic mass is 10.1. The maximum Gasteiger partial charge on any atom is 0.183 e. The number of aromatic nitrogens is 6. The molecule has 0 aliphatic heterocycles. The van der Waals surface area contributed by atoms with Crippen LogP contribution < -0.4 is 5.32 Å². The highest BCUT2D eigenvalue weighted by Gasteiger charge is 2.17. The van der Waals surface area contributed by atoms with Gasteiger partial charge in [0.2, 0.25) is 0 Å². The van der Waals surface area contributed by atoms with E-state index in [1.807, 2.05) is 6.07 Å². The minimum absolute atomic E-state index is 0.310. The van der Waals surface area contributed by atoms with E-state index in [0.29, 0.717) is 49.8 Å². The van der Waals surface area contributed by atoms with Crippen molar-refractivity contribution in [1.82, 2.24) is 29.9 Å². The first kappa shape index (κ1) is 16.2. The van der Waals surface area contributed by atoms with Crippen molar-refractivity contribution < 1.29 is 0 Å². The molecular weight excluding hydrogens is 375 g/mol. The lowest BCUT2D eigenvalue weighted by Gasteiger charge is -2.05. The molecule has 0 radical (unpaired) electrons. The number of hydrogen-bond donors (Lipinski definition) is 2. The summed E-state index contributed by atoms with van der Waals surface area (Å²) < 4.78 is 0. The Morgan fingerprint density at radius 3 is 2.58 bits per heavy atom. The first-order valence-corrected chi connectivity index (χ1v) is 8.04. The molecule has 0 spiro atoms. The van der Waals surface area contributed by atoms with E-state index in [0.717, 1.165) is 0 Å². The first-order valence-electron chi connectivity index (χ1n) is 7.29. The molecule has 3 heterocycles. The largest absolute Gasteiger partial charge is 0.333 e. The SMILES string of the molecule is N#Cc1cc(Cl)c(-c2nc3ncnc(Nc4cnccn4)c3[nH]2)c(Cl)c1. The second-order valence-corrected chi connectivity index (χ2v) is 5.96.